The number of carbonyl (C=O) groups excluding carboxylic acids is 1. The fraction of sp³-hybridized carbons (Fsp3) is 0.650. The van der Waals surface area contributed by atoms with Crippen LogP contribution in [0.25, 0.3) is 0 Å². The van der Waals surface area contributed by atoms with Gasteiger partial charge in [0, 0.05) is 12.8 Å². The van der Waals surface area contributed by atoms with Gasteiger partial charge in [-0.05, 0) is 60.8 Å². The Morgan fingerprint density at radius 3 is 2.83 bits per heavy atom. The molecule has 1 atom stereocenters. The molecule has 24 heavy (non-hydrogen) atoms. The van der Waals surface area contributed by atoms with Crippen LogP contribution in [-0.2, 0) is 11.2 Å². The number of aliphatic hydroxyl groups excluding tert-OH is 1. The van der Waals surface area contributed by atoms with Crippen LogP contribution in [0.15, 0.2) is 18.2 Å². The van der Waals surface area contributed by atoms with Crippen LogP contribution in [0.1, 0.15) is 62.1 Å². The van der Waals surface area contributed by atoms with E-state index in [1.807, 2.05) is 6.07 Å². The Kier molecular flexibility index (Phi) is 4.49. The molecule has 0 saturated heterocycles. The molecule has 4 heteroatoms. The average Bonchev–Trinajstić information content (AvgIpc) is 3.20. The first-order valence-corrected chi connectivity index (χ1v) is 9.42. The van der Waals surface area contributed by atoms with Crippen molar-refractivity contribution >= 4 is 5.91 Å². The molecule has 1 heterocycles. The first kappa shape index (κ1) is 15.9. The van der Waals surface area contributed by atoms with Crippen molar-refractivity contribution in [3.05, 3.63) is 29.3 Å². The maximum atomic E-state index is 12.5. The van der Waals surface area contributed by atoms with E-state index in [2.05, 4.69) is 17.4 Å². The number of rotatable bonds is 5. The molecule has 1 aromatic rings. The second-order valence-corrected chi connectivity index (χ2v) is 7.75. The molecule has 4 rings (SSSR count). The van der Waals surface area contributed by atoms with Crippen LogP contribution < -0.4 is 10.1 Å². The maximum Gasteiger partial charge on any atom is 0.220 e. The molecule has 130 valence electrons. The highest BCUT2D eigenvalue weighted by atomic mass is 16.5. The van der Waals surface area contributed by atoms with E-state index in [0.717, 1.165) is 37.2 Å². The molecule has 1 aliphatic heterocycles. The second kappa shape index (κ2) is 6.75. The third kappa shape index (κ3) is 3.30. The molecular formula is C20H27NO3. The summed E-state index contributed by atoms with van der Waals surface area (Å²) in [4.78, 5) is 12.5. The minimum atomic E-state index is -0.206. The Labute approximate surface area is 143 Å². The first-order valence-electron chi connectivity index (χ1n) is 9.42. The topological polar surface area (TPSA) is 58.6 Å². The molecule has 0 bridgehead atoms. The zero-order valence-corrected chi connectivity index (χ0v) is 14.2. The van der Waals surface area contributed by atoms with Gasteiger partial charge in [-0.3, -0.25) is 4.79 Å². The number of carbonyl (C=O) groups is 1. The smallest absolute Gasteiger partial charge is 0.220 e. The van der Waals surface area contributed by atoms with Gasteiger partial charge < -0.3 is 15.2 Å². The van der Waals surface area contributed by atoms with Crippen molar-refractivity contribution in [2.45, 2.75) is 63.5 Å². The Morgan fingerprint density at radius 2 is 2.08 bits per heavy atom. The normalized spacial score (nSPS) is 27.2. The minimum Gasteiger partial charge on any atom is -0.493 e. The number of fused-ring (bicyclic) bond motifs is 1. The SMILES string of the molecule is O=C(CC1CCCC1)N[C@@H](c1ccc2c(c1)CCO2)C1CC(O)C1. The molecule has 2 aliphatic carbocycles. The molecule has 0 radical (unpaired) electrons. The molecule has 2 saturated carbocycles. The summed E-state index contributed by atoms with van der Waals surface area (Å²) in [6.45, 7) is 0.750. The van der Waals surface area contributed by atoms with Crippen molar-refractivity contribution < 1.29 is 14.6 Å². The van der Waals surface area contributed by atoms with Crippen molar-refractivity contribution in [3.8, 4) is 5.75 Å². The highest BCUT2D eigenvalue weighted by molar-refractivity contribution is 5.76. The van der Waals surface area contributed by atoms with Crippen molar-refractivity contribution in [1.29, 1.82) is 0 Å². The lowest BCUT2D eigenvalue weighted by Crippen LogP contribution is -2.41. The van der Waals surface area contributed by atoms with Gasteiger partial charge in [0.05, 0.1) is 18.8 Å². The van der Waals surface area contributed by atoms with Crippen LogP contribution in [0, 0.1) is 11.8 Å². The fourth-order valence-corrected chi connectivity index (χ4v) is 4.48. The van der Waals surface area contributed by atoms with Gasteiger partial charge in [0.15, 0.2) is 0 Å². The molecule has 3 aliphatic rings. The van der Waals surface area contributed by atoms with Crippen molar-refractivity contribution in [2.24, 2.45) is 11.8 Å². The molecule has 2 fully saturated rings. The van der Waals surface area contributed by atoms with Crippen molar-refractivity contribution in [3.63, 3.8) is 0 Å². The number of hydrogen-bond donors (Lipinski definition) is 2. The van der Waals surface area contributed by atoms with Gasteiger partial charge in [-0.2, -0.15) is 0 Å². The number of ether oxygens (including phenoxy) is 1. The monoisotopic (exact) mass is 329 g/mol. The molecule has 0 spiro atoms. The van der Waals surface area contributed by atoms with Gasteiger partial charge in [-0.25, -0.2) is 0 Å². The van der Waals surface area contributed by atoms with E-state index in [-0.39, 0.29) is 18.1 Å². The van der Waals surface area contributed by atoms with E-state index in [4.69, 9.17) is 4.74 Å². The van der Waals surface area contributed by atoms with Crippen molar-refractivity contribution in [1.82, 2.24) is 5.32 Å². The van der Waals surface area contributed by atoms with Gasteiger partial charge in [0.25, 0.3) is 0 Å². The fourth-order valence-electron chi connectivity index (χ4n) is 4.48. The first-order chi connectivity index (χ1) is 11.7. The zero-order chi connectivity index (χ0) is 16.5. The van der Waals surface area contributed by atoms with Crippen LogP contribution in [0.2, 0.25) is 0 Å². The maximum absolute atomic E-state index is 12.5. The summed E-state index contributed by atoms with van der Waals surface area (Å²) >= 11 is 0. The standard InChI is InChI=1S/C20H27NO3/c22-17-11-16(12-17)20(21-19(23)9-13-3-1-2-4-13)15-5-6-18-14(10-15)7-8-24-18/h5-6,10,13,16-17,20,22H,1-4,7-9,11-12H2,(H,21,23)/t16?,17?,20-/m0/s1. The number of nitrogens with one attached hydrogen (secondary N) is 1. The second-order valence-electron chi connectivity index (χ2n) is 7.75. The summed E-state index contributed by atoms with van der Waals surface area (Å²) < 4.78 is 5.59. The third-order valence-electron chi connectivity index (χ3n) is 5.96. The summed E-state index contributed by atoms with van der Waals surface area (Å²) in [5.41, 5.74) is 2.40. The summed E-state index contributed by atoms with van der Waals surface area (Å²) in [6.07, 6.45) is 7.86. The highest BCUT2D eigenvalue weighted by Crippen LogP contribution is 2.40. The van der Waals surface area contributed by atoms with E-state index in [1.54, 1.807) is 0 Å². The van der Waals surface area contributed by atoms with E-state index in [9.17, 15) is 9.90 Å². The third-order valence-corrected chi connectivity index (χ3v) is 5.96. The number of hydrogen-bond acceptors (Lipinski definition) is 3. The van der Waals surface area contributed by atoms with E-state index in [0.29, 0.717) is 18.3 Å². The number of aliphatic hydroxyl groups is 1. The Bertz CT molecular complexity index is 603. The molecule has 0 aromatic heterocycles. The van der Waals surface area contributed by atoms with Gasteiger partial charge in [0.1, 0.15) is 5.75 Å². The molecule has 1 amide bonds. The summed E-state index contributed by atoms with van der Waals surface area (Å²) in [6, 6.07) is 6.32. The number of amides is 1. The number of benzene rings is 1. The Balaban J connectivity index is 1.47. The van der Waals surface area contributed by atoms with Gasteiger partial charge in [0.2, 0.25) is 5.91 Å². The van der Waals surface area contributed by atoms with Crippen LogP contribution >= 0.6 is 0 Å². The van der Waals surface area contributed by atoms with E-state index >= 15 is 0 Å². The summed E-state index contributed by atoms with van der Waals surface area (Å²) in [7, 11) is 0. The Morgan fingerprint density at radius 1 is 1.29 bits per heavy atom. The highest BCUT2D eigenvalue weighted by Gasteiger charge is 2.36. The van der Waals surface area contributed by atoms with Crippen LogP contribution in [0.3, 0.4) is 0 Å². The van der Waals surface area contributed by atoms with Crippen LogP contribution in [-0.4, -0.2) is 23.7 Å². The predicted molar refractivity (Wildman–Crippen MR) is 91.8 cm³/mol. The van der Waals surface area contributed by atoms with Gasteiger partial charge >= 0.3 is 0 Å². The lowest BCUT2D eigenvalue weighted by atomic mass is 9.74. The average molecular weight is 329 g/mol. The van der Waals surface area contributed by atoms with Crippen LogP contribution in [0.5, 0.6) is 5.75 Å². The van der Waals surface area contributed by atoms with Crippen molar-refractivity contribution in [2.75, 3.05) is 6.61 Å². The Hall–Kier alpha value is -1.55. The zero-order valence-electron chi connectivity index (χ0n) is 14.2. The van der Waals surface area contributed by atoms with E-state index in [1.165, 1.54) is 31.2 Å². The molecule has 0 unspecified atom stereocenters. The van der Waals surface area contributed by atoms with E-state index < -0.39 is 0 Å². The molecule has 4 nitrogen and oxygen atoms in total. The largest absolute Gasteiger partial charge is 0.493 e. The summed E-state index contributed by atoms with van der Waals surface area (Å²) in [5.74, 6) is 2.05. The molecule has 1 aromatic carbocycles. The van der Waals surface area contributed by atoms with Gasteiger partial charge in [-0.15, -0.1) is 0 Å². The quantitative estimate of drug-likeness (QED) is 0.872. The minimum absolute atomic E-state index is 0.0215. The molecular weight excluding hydrogens is 302 g/mol. The van der Waals surface area contributed by atoms with Gasteiger partial charge in [-0.1, -0.05) is 18.9 Å². The molecule has 2 N–H and O–H groups in total. The summed E-state index contributed by atoms with van der Waals surface area (Å²) in [5, 5.41) is 13.0. The van der Waals surface area contributed by atoms with Crippen LogP contribution in [0.4, 0.5) is 0 Å². The lowest BCUT2D eigenvalue weighted by Gasteiger charge is -2.38. The lowest BCUT2D eigenvalue weighted by molar-refractivity contribution is -0.124. The predicted octanol–water partition coefficient (Wildman–Crippen LogP) is 3.13.